The van der Waals surface area contributed by atoms with Crippen LogP contribution in [-0.4, -0.2) is 18.1 Å². The molecule has 0 bridgehead atoms. The van der Waals surface area contributed by atoms with Crippen molar-refractivity contribution in [2.45, 2.75) is 6.42 Å². The molecule has 0 aromatic heterocycles. The van der Waals surface area contributed by atoms with Crippen LogP contribution in [0.2, 0.25) is 0 Å². The fourth-order valence-electron chi connectivity index (χ4n) is 3.28. The molecule has 4 rings (SSSR count). The average molecular weight is 487 g/mol. The van der Waals surface area contributed by atoms with E-state index in [2.05, 4.69) is 26.5 Å². The lowest BCUT2D eigenvalue weighted by Crippen LogP contribution is -2.19. The number of hydrazone groups is 1. The molecule has 4 aromatic carbocycles. The maximum Gasteiger partial charge on any atom is 0.343 e. The van der Waals surface area contributed by atoms with Crippen molar-refractivity contribution in [3.05, 3.63) is 112 Å². The summed E-state index contributed by atoms with van der Waals surface area (Å²) in [4.78, 5) is 24.7. The van der Waals surface area contributed by atoms with E-state index < -0.39 is 5.97 Å². The molecule has 0 atom stereocenters. The lowest BCUT2D eigenvalue weighted by Gasteiger charge is -2.06. The number of ether oxygens (including phenoxy) is 1. The molecule has 1 N–H and O–H groups in total. The number of hydrogen-bond donors (Lipinski definition) is 1. The zero-order chi connectivity index (χ0) is 22.3. The molecule has 0 unspecified atom stereocenters. The number of nitrogens with zero attached hydrogens (tertiary/aromatic N) is 1. The molecule has 0 saturated carbocycles. The van der Waals surface area contributed by atoms with E-state index in [4.69, 9.17) is 4.74 Å². The molecule has 0 aliphatic carbocycles. The molecule has 0 radical (unpaired) electrons. The van der Waals surface area contributed by atoms with Crippen molar-refractivity contribution < 1.29 is 14.3 Å². The van der Waals surface area contributed by atoms with Crippen LogP contribution in [0.1, 0.15) is 21.5 Å². The fraction of sp³-hybridized carbons (Fsp3) is 0.0385. The van der Waals surface area contributed by atoms with Gasteiger partial charge in [0.15, 0.2) is 0 Å². The van der Waals surface area contributed by atoms with Gasteiger partial charge in [-0.25, -0.2) is 10.2 Å². The van der Waals surface area contributed by atoms with Gasteiger partial charge in [-0.2, -0.15) is 5.10 Å². The molecule has 0 saturated heterocycles. The van der Waals surface area contributed by atoms with Crippen molar-refractivity contribution in [2.24, 2.45) is 5.10 Å². The largest absolute Gasteiger partial charge is 0.423 e. The van der Waals surface area contributed by atoms with Gasteiger partial charge in [0, 0.05) is 4.47 Å². The summed E-state index contributed by atoms with van der Waals surface area (Å²) in [6.07, 6.45) is 1.74. The third-order valence-corrected chi connectivity index (χ3v) is 5.26. The van der Waals surface area contributed by atoms with E-state index in [1.54, 1.807) is 42.5 Å². The van der Waals surface area contributed by atoms with Crippen LogP contribution < -0.4 is 10.2 Å². The molecular formula is C26H19BrN2O3. The molecule has 0 fully saturated rings. The van der Waals surface area contributed by atoms with Crippen LogP contribution >= 0.6 is 15.9 Å². The van der Waals surface area contributed by atoms with E-state index in [0.717, 1.165) is 20.8 Å². The third kappa shape index (κ3) is 5.47. The summed E-state index contributed by atoms with van der Waals surface area (Å²) in [6.45, 7) is 0. The van der Waals surface area contributed by atoms with E-state index in [9.17, 15) is 9.59 Å². The first-order chi connectivity index (χ1) is 15.6. The quantitative estimate of drug-likeness (QED) is 0.169. The molecule has 32 heavy (non-hydrogen) atoms. The molecule has 1 amide bonds. The maximum absolute atomic E-state index is 12.3. The molecule has 0 aliphatic heterocycles. The first kappa shape index (κ1) is 21.5. The minimum atomic E-state index is -0.455. The SMILES string of the molecule is O=C(Cc1cccc2ccccc12)N/N=C/c1cccc(OC(=O)c2cccc(Br)c2)c1. The Morgan fingerprint density at radius 1 is 0.906 bits per heavy atom. The van der Waals surface area contributed by atoms with Gasteiger partial charge in [-0.05, 0) is 52.2 Å². The second kappa shape index (κ2) is 10.0. The molecule has 0 aliphatic rings. The van der Waals surface area contributed by atoms with E-state index in [-0.39, 0.29) is 12.3 Å². The van der Waals surface area contributed by atoms with E-state index in [1.807, 2.05) is 48.5 Å². The maximum atomic E-state index is 12.3. The zero-order valence-corrected chi connectivity index (χ0v) is 18.6. The second-order valence-electron chi connectivity index (χ2n) is 7.08. The predicted octanol–water partition coefficient (Wildman–Crippen LogP) is 5.51. The van der Waals surface area contributed by atoms with Crippen LogP contribution in [0.15, 0.2) is 101 Å². The van der Waals surface area contributed by atoms with Crippen molar-refractivity contribution in [3.63, 3.8) is 0 Å². The van der Waals surface area contributed by atoms with Crippen LogP contribution in [0.25, 0.3) is 10.8 Å². The third-order valence-electron chi connectivity index (χ3n) is 4.76. The Hall–Kier alpha value is -3.77. The smallest absolute Gasteiger partial charge is 0.343 e. The van der Waals surface area contributed by atoms with Crippen LogP contribution in [0.5, 0.6) is 5.75 Å². The van der Waals surface area contributed by atoms with Gasteiger partial charge in [0.2, 0.25) is 5.91 Å². The number of nitrogens with one attached hydrogen (secondary N) is 1. The standard InChI is InChI=1S/C26H19BrN2O3/c27-22-11-5-10-21(15-22)26(31)32-23-12-3-6-18(14-23)17-28-29-25(30)16-20-9-4-8-19-7-1-2-13-24(19)20/h1-15,17H,16H2,(H,29,30)/b28-17+. The topological polar surface area (TPSA) is 67.8 Å². The van der Waals surface area contributed by atoms with Gasteiger partial charge in [-0.15, -0.1) is 0 Å². The number of fused-ring (bicyclic) bond motifs is 1. The Morgan fingerprint density at radius 3 is 2.56 bits per heavy atom. The summed E-state index contributed by atoms with van der Waals surface area (Å²) in [6, 6.07) is 27.7. The van der Waals surface area contributed by atoms with E-state index in [1.165, 1.54) is 6.21 Å². The van der Waals surface area contributed by atoms with Gasteiger partial charge in [0.05, 0.1) is 18.2 Å². The zero-order valence-electron chi connectivity index (χ0n) is 17.0. The lowest BCUT2D eigenvalue weighted by molar-refractivity contribution is -0.120. The Morgan fingerprint density at radius 2 is 1.69 bits per heavy atom. The normalized spacial score (nSPS) is 10.9. The van der Waals surface area contributed by atoms with Crippen molar-refractivity contribution in [1.82, 2.24) is 5.43 Å². The highest BCUT2D eigenvalue weighted by Crippen LogP contribution is 2.19. The number of halogens is 1. The number of carbonyl (C=O) groups is 2. The summed E-state index contributed by atoms with van der Waals surface area (Å²) in [5.41, 5.74) is 4.63. The number of benzene rings is 4. The van der Waals surface area contributed by atoms with Gasteiger partial charge in [0.25, 0.3) is 0 Å². The molecular weight excluding hydrogens is 468 g/mol. The van der Waals surface area contributed by atoms with Gasteiger partial charge in [0.1, 0.15) is 5.75 Å². The van der Waals surface area contributed by atoms with Crippen molar-refractivity contribution in [2.75, 3.05) is 0 Å². The summed E-state index contributed by atoms with van der Waals surface area (Å²) in [7, 11) is 0. The predicted molar refractivity (Wildman–Crippen MR) is 129 cm³/mol. The van der Waals surface area contributed by atoms with Crippen LogP contribution in [0, 0.1) is 0 Å². The first-order valence-electron chi connectivity index (χ1n) is 9.95. The van der Waals surface area contributed by atoms with E-state index in [0.29, 0.717) is 16.9 Å². The summed E-state index contributed by atoms with van der Waals surface area (Å²) < 4.78 is 6.23. The lowest BCUT2D eigenvalue weighted by atomic mass is 10.0. The average Bonchev–Trinajstić information content (AvgIpc) is 2.79. The number of carbonyl (C=O) groups excluding carboxylic acids is 2. The van der Waals surface area contributed by atoms with Crippen LogP contribution in [0.3, 0.4) is 0 Å². The Balaban J connectivity index is 1.37. The van der Waals surface area contributed by atoms with Crippen LogP contribution in [-0.2, 0) is 11.2 Å². The Bertz CT molecular complexity index is 1310. The number of rotatable bonds is 6. The van der Waals surface area contributed by atoms with Crippen molar-refractivity contribution in [1.29, 1.82) is 0 Å². The molecule has 158 valence electrons. The second-order valence-corrected chi connectivity index (χ2v) is 8.00. The Labute approximate surface area is 193 Å². The van der Waals surface area contributed by atoms with Gasteiger partial charge in [-0.3, -0.25) is 4.79 Å². The molecule has 4 aromatic rings. The van der Waals surface area contributed by atoms with Gasteiger partial charge >= 0.3 is 5.97 Å². The molecule has 0 spiro atoms. The molecule has 6 heteroatoms. The van der Waals surface area contributed by atoms with Gasteiger partial charge in [-0.1, -0.05) is 76.6 Å². The number of esters is 1. The Kier molecular flexibility index (Phi) is 6.72. The highest BCUT2D eigenvalue weighted by Gasteiger charge is 2.09. The summed E-state index contributed by atoms with van der Waals surface area (Å²) >= 11 is 3.34. The van der Waals surface area contributed by atoms with E-state index >= 15 is 0 Å². The first-order valence-corrected chi connectivity index (χ1v) is 10.7. The van der Waals surface area contributed by atoms with Crippen molar-refractivity contribution in [3.8, 4) is 5.75 Å². The fourth-order valence-corrected chi connectivity index (χ4v) is 3.68. The minimum Gasteiger partial charge on any atom is -0.423 e. The highest BCUT2D eigenvalue weighted by atomic mass is 79.9. The highest BCUT2D eigenvalue weighted by molar-refractivity contribution is 9.10. The van der Waals surface area contributed by atoms with Crippen LogP contribution in [0.4, 0.5) is 0 Å². The molecule has 5 nitrogen and oxygen atoms in total. The summed E-state index contributed by atoms with van der Waals surface area (Å²) in [5, 5.41) is 6.18. The monoisotopic (exact) mass is 486 g/mol. The number of amides is 1. The van der Waals surface area contributed by atoms with Crippen molar-refractivity contribution >= 4 is 44.8 Å². The minimum absolute atomic E-state index is 0.213. The van der Waals surface area contributed by atoms with Gasteiger partial charge < -0.3 is 4.74 Å². The number of hydrogen-bond acceptors (Lipinski definition) is 4. The summed E-state index contributed by atoms with van der Waals surface area (Å²) in [5.74, 6) is -0.278. The molecule has 0 heterocycles.